The zero-order valence-electron chi connectivity index (χ0n) is 43.6. The minimum absolute atomic E-state index is 0.829. The second kappa shape index (κ2) is 35.9. The molecule has 9 aromatic rings. The molecule has 9 aromatic heterocycles. The van der Waals surface area contributed by atoms with Gasteiger partial charge in [-0.3, -0.25) is 19.9 Å². The quantitative estimate of drug-likeness (QED) is 0.138. The fraction of sp³-hybridized carbons (Fsp3) is 0.308. The monoisotopic (exact) mass is 945 g/mol. The molecule has 0 atom stereocenters. The van der Waals surface area contributed by atoms with Gasteiger partial charge in [-0.25, -0.2) is 59.8 Å². The molecule has 0 unspecified atom stereocenters. The van der Waals surface area contributed by atoms with Gasteiger partial charge < -0.3 is 0 Å². The lowest BCUT2D eigenvalue weighted by atomic mass is 10.3. The Labute approximate surface area is 414 Å². The van der Waals surface area contributed by atoms with Crippen LogP contribution in [-0.2, 0) is 0 Å². The van der Waals surface area contributed by atoms with Crippen LogP contribution in [0.25, 0.3) is 0 Å². The fourth-order valence-corrected chi connectivity index (χ4v) is 4.55. The predicted molar refractivity (Wildman–Crippen MR) is 274 cm³/mol. The lowest BCUT2D eigenvalue weighted by molar-refractivity contribution is 0.941. The molecule has 0 fully saturated rings. The van der Waals surface area contributed by atoms with Gasteiger partial charge in [-0.1, -0.05) is 0 Å². The van der Waals surface area contributed by atoms with Gasteiger partial charge in [0.25, 0.3) is 0 Å². The first-order chi connectivity index (χ1) is 33.3. The number of hydrogen-bond acceptors (Lipinski definition) is 18. The van der Waals surface area contributed by atoms with Gasteiger partial charge in [0.05, 0.1) is 28.5 Å². The summed E-state index contributed by atoms with van der Waals surface area (Å²) in [6, 6.07) is 11.5. The lowest BCUT2D eigenvalue weighted by Gasteiger charge is -1.95. The third kappa shape index (κ3) is 34.1. The molecule has 0 radical (unpaired) electrons. The van der Waals surface area contributed by atoms with Gasteiger partial charge in [-0.05, 0) is 158 Å². The van der Waals surface area contributed by atoms with Crippen LogP contribution in [0.5, 0.6) is 0 Å². The topological polar surface area (TPSA) is 232 Å². The largest absolute Gasteiger partial charge is 0.261 e. The molecule has 9 heterocycles. The molecule has 0 aliphatic carbocycles. The first-order valence-electron chi connectivity index (χ1n) is 22.1. The molecule has 0 saturated carbocycles. The van der Waals surface area contributed by atoms with Crippen LogP contribution in [0.15, 0.2) is 124 Å². The van der Waals surface area contributed by atoms with Crippen LogP contribution in [0.2, 0.25) is 0 Å². The average Bonchev–Trinajstić information content (AvgIpc) is 3.31. The van der Waals surface area contributed by atoms with E-state index in [0.29, 0.717) is 0 Å². The fourth-order valence-electron chi connectivity index (χ4n) is 4.55. The van der Waals surface area contributed by atoms with Crippen LogP contribution >= 0.6 is 0 Å². The van der Waals surface area contributed by atoms with Gasteiger partial charge in [-0.15, -0.1) is 0 Å². The van der Waals surface area contributed by atoms with Gasteiger partial charge in [0.15, 0.2) is 0 Å². The molecule has 0 aliphatic heterocycles. The minimum atomic E-state index is 0.829. The molecule has 366 valence electrons. The van der Waals surface area contributed by atoms with Crippen molar-refractivity contribution in [1.29, 1.82) is 0 Å². The van der Waals surface area contributed by atoms with E-state index in [4.69, 9.17) is 0 Å². The zero-order valence-corrected chi connectivity index (χ0v) is 43.6. The average molecular weight is 945 g/mol. The van der Waals surface area contributed by atoms with Crippen molar-refractivity contribution in [2.75, 3.05) is 0 Å². The normalized spacial score (nSPS) is 9.14. The van der Waals surface area contributed by atoms with Gasteiger partial charge in [0.2, 0.25) is 0 Å². The third-order valence-electron chi connectivity index (χ3n) is 7.81. The van der Waals surface area contributed by atoms with Gasteiger partial charge >= 0.3 is 0 Å². The highest BCUT2D eigenvalue weighted by Gasteiger charge is 1.91. The molecule has 70 heavy (non-hydrogen) atoms. The SMILES string of the molecule is Cc1cc(C)nc(C)n1.Cc1cc(C)ncn1.Cc1ccc(C)nn1.Cc1ccnc(C)n1.Cc1ccncn1.Cc1cnc(C)cn1.Cc1cnc(C)nc1.Cc1cnccn1.Cc1cncnc1. The molecular formula is C52H68N18. The molecule has 18 heteroatoms. The Bertz CT molecular complexity index is 2310. The number of aryl methyl sites for hydroxylation is 16. The first kappa shape index (κ1) is 59.7. The van der Waals surface area contributed by atoms with Crippen LogP contribution in [0.3, 0.4) is 0 Å². The lowest BCUT2D eigenvalue weighted by Crippen LogP contribution is -1.91. The van der Waals surface area contributed by atoms with E-state index in [9.17, 15) is 0 Å². The standard InChI is InChI=1S/C7H10N2.5C6H8N2.3C5H6N2/c1-5-4-6(2)9-7(3)8-5;1-5-3-8-6(2)4-7-5;1-5-3-6(2)8-4-7-5;1-5-3-7-6(2)8-4-5;1-5-3-4-7-6(2)8-5;1-5-3-4-6(2)8-7-5;1-5-2-6-4-7-3-5;1-5-4-6-2-3-7-5;1-5-2-3-6-4-7-5/h4H,1-3H3;5*3-4H,1-2H3;3*2-4H,1H3. The summed E-state index contributed by atoms with van der Waals surface area (Å²) < 4.78 is 0. The Morgan fingerprint density at radius 1 is 0.243 bits per heavy atom. The highest BCUT2D eigenvalue weighted by atomic mass is 15.1. The number of nitrogens with zero attached hydrogens (tertiary/aromatic N) is 18. The van der Waals surface area contributed by atoms with Crippen LogP contribution in [0.1, 0.15) is 91.2 Å². The van der Waals surface area contributed by atoms with E-state index < -0.39 is 0 Å². The second-order valence-corrected chi connectivity index (χ2v) is 15.3. The predicted octanol–water partition coefficient (Wildman–Crippen LogP) is 9.22. The van der Waals surface area contributed by atoms with Crippen LogP contribution in [0, 0.1) is 111 Å². The van der Waals surface area contributed by atoms with E-state index in [2.05, 4.69) is 89.9 Å². The van der Waals surface area contributed by atoms with E-state index in [1.54, 1.807) is 62.1 Å². The van der Waals surface area contributed by atoms with Crippen LogP contribution in [-0.4, -0.2) is 89.9 Å². The van der Waals surface area contributed by atoms with E-state index >= 15 is 0 Å². The summed E-state index contributed by atoms with van der Waals surface area (Å²) >= 11 is 0. The van der Waals surface area contributed by atoms with E-state index in [0.717, 1.165) is 91.2 Å². The summed E-state index contributed by atoms with van der Waals surface area (Å²) in [6.07, 6.45) is 23.9. The Balaban J connectivity index is 0.000000394. The van der Waals surface area contributed by atoms with Crippen LogP contribution < -0.4 is 0 Å². The van der Waals surface area contributed by atoms with Crippen molar-refractivity contribution in [3.8, 4) is 0 Å². The smallest absolute Gasteiger partial charge is 0.125 e. The van der Waals surface area contributed by atoms with Crippen LogP contribution in [0.4, 0.5) is 0 Å². The molecule has 0 N–H and O–H groups in total. The molecule has 0 amide bonds. The maximum Gasteiger partial charge on any atom is 0.125 e. The Morgan fingerprint density at radius 2 is 0.729 bits per heavy atom. The third-order valence-corrected chi connectivity index (χ3v) is 7.81. The van der Waals surface area contributed by atoms with Crippen molar-refractivity contribution in [2.24, 2.45) is 0 Å². The van der Waals surface area contributed by atoms with Gasteiger partial charge in [-0.2, -0.15) is 10.2 Å². The summed E-state index contributed by atoms with van der Waals surface area (Å²) in [6.45, 7) is 30.9. The first-order valence-corrected chi connectivity index (χ1v) is 22.1. The maximum absolute atomic E-state index is 4.12. The summed E-state index contributed by atoms with van der Waals surface area (Å²) in [5, 5.41) is 7.66. The summed E-state index contributed by atoms with van der Waals surface area (Å²) in [4.78, 5) is 63.0. The van der Waals surface area contributed by atoms with Crippen molar-refractivity contribution >= 4 is 0 Å². The van der Waals surface area contributed by atoms with Crippen molar-refractivity contribution in [3.05, 3.63) is 215 Å². The summed E-state index contributed by atoms with van der Waals surface area (Å²) in [5.74, 6) is 2.52. The van der Waals surface area contributed by atoms with Crippen molar-refractivity contribution in [3.63, 3.8) is 0 Å². The Morgan fingerprint density at radius 3 is 1.03 bits per heavy atom. The molecule has 18 nitrogen and oxygen atoms in total. The Kier molecular flexibility index (Phi) is 30.6. The maximum atomic E-state index is 4.12. The molecule has 0 aliphatic rings. The second-order valence-electron chi connectivity index (χ2n) is 15.3. The molecule has 9 rings (SSSR count). The number of hydrogen-bond donors (Lipinski definition) is 0. The van der Waals surface area contributed by atoms with Crippen molar-refractivity contribution in [1.82, 2.24) is 89.9 Å². The highest BCUT2D eigenvalue weighted by Crippen LogP contribution is 1.97. The Hall–Kier alpha value is -8.28. The van der Waals surface area contributed by atoms with Gasteiger partial charge in [0, 0.05) is 102 Å². The molecule has 0 bridgehead atoms. The molecular weight excluding hydrogens is 877 g/mol. The summed E-state index contributed by atoms with van der Waals surface area (Å²) in [5.41, 5.74) is 13.2. The van der Waals surface area contributed by atoms with Gasteiger partial charge in [0.1, 0.15) is 36.5 Å². The van der Waals surface area contributed by atoms with E-state index in [-0.39, 0.29) is 0 Å². The molecule has 0 saturated heterocycles. The number of aromatic nitrogens is 18. The van der Waals surface area contributed by atoms with Crippen molar-refractivity contribution < 1.29 is 0 Å². The zero-order chi connectivity index (χ0) is 52.1. The number of rotatable bonds is 0. The highest BCUT2D eigenvalue weighted by molar-refractivity contribution is 5.08. The van der Waals surface area contributed by atoms with Crippen molar-refractivity contribution in [2.45, 2.75) is 111 Å². The molecule has 0 aromatic carbocycles. The van der Waals surface area contributed by atoms with E-state index in [1.165, 1.54) is 12.7 Å². The molecule has 0 spiro atoms. The minimum Gasteiger partial charge on any atom is -0.261 e. The van der Waals surface area contributed by atoms with E-state index in [1.807, 2.05) is 160 Å². The summed E-state index contributed by atoms with van der Waals surface area (Å²) in [7, 11) is 0.